The van der Waals surface area contributed by atoms with Crippen LogP contribution in [0.25, 0.3) is 0 Å². The summed E-state index contributed by atoms with van der Waals surface area (Å²) in [5.74, 6) is -0.703. The van der Waals surface area contributed by atoms with Crippen molar-refractivity contribution in [2.45, 2.75) is 13.8 Å². The second-order valence-electron chi connectivity index (χ2n) is 0.806. The van der Waals surface area contributed by atoms with Crippen LogP contribution in [-0.2, 0) is 4.79 Å². The molecule has 0 aromatic rings. The number of carbonyl (C=O) groups excluding carboxylic acids is 1. The summed E-state index contributed by atoms with van der Waals surface area (Å²) in [6.07, 6.45) is 0. The van der Waals surface area contributed by atoms with Gasteiger partial charge in [-0.1, -0.05) is 0 Å². The Bertz CT molecular complexity index is 162. The topological polar surface area (TPSA) is 29.1 Å². The van der Waals surface area contributed by atoms with Crippen LogP contribution in [0.15, 0.2) is 0 Å². The highest BCUT2D eigenvalue weighted by Crippen LogP contribution is 1.54. The van der Waals surface area contributed by atoms with Crippen LogP contribution in [0, 0.1) is 0 Å². The molecule has 0 aliphatic rings. The van der Waals surface area contributed by atoms with Gasteiger partial charge in [0.05, 0.1) is 0 Å². The molecule has 36 valence electrons. The van der Waals surface area contributed by atoms with Gasteiger partial charge in [-0.25, -0.2) is 0 Å². The van der Waals surface area contributed by atoms with Gasteiger partial charge in [0.2, 0.25) is 5.91 Å². The molecule has 1 N–H and O–H groups in total. The molecule has 1 amide bonds. The maximum absolute atomic E-state index is 10.3. The van der Waals surface area contributed by atoms with E-state index in [-0.39, 0.29) is 0 Å². The van der Waals surface area contributed by atoms with Crippen molar-refractivity contribution in [2.24, 2.45) is 0 Å². The number of amides is 1. The quantitative estimate of drug-likeness (QED) is 0.490. The second-order valence-corrected chi connectivity index (χ2v) is 0.806. The molecule has 0 fully saturated rings. The van der Waals surface area contributed by atoms with Crippen LogP contribution in [0.2, 0.25) is 0 Å². The molecule has 0 spiro atoms. The largest absolute Gasteiger partial charge is 0.357 e. The number of carbonyl (C=O) groups is 1. The highest BCUT2D eigenvalue weighted by atomic mass is 16.1. The Morgan fingerprint density at radius 2 is 3.00 bits per heavy atom. The summed E-state index contributed by atoms with van der Waals surface area (Å²) in [4.78, 5) is 10.3. The lowest BCUT2D eigenvalue weighted by Gasteiger charge is -1.88. The summed E-state index contributed by atoms with van der Waals surface area (Å²) in [5.41, 5.74) is 0. The lowest BCUT2D eigenvalue weighted by atomic mass is 10.6. The molecule has 0 aliphatic carbocycles. The minimum absolute atomic E-state index is 0.703. The standard InChI is InChI=1S/C4H9NO/c1-3-5-4(2)6/h3H2,1-2H3,(H,5,6)/i1D3,3D2. The van der Waals surface area contributed by atoms with Gasteiger partial charge in [0.1, 0.15) is 0 Å². The minimum atomic E-state index is -2.82. The Labute approximate surface area is 44.6 Å². The molecule has 0 radical (unpaired) electrons. The van der Waals surface area contributed by atoms with Crippen molar-refractivity contribution in [2.75, 3.05) is 6.50 Å². The fraction of sp³-hybridized carbons (Fsp3) is 0.750. The van der Waals surface area contributed by atoms with E-state index in [0.717, 1.165) is 6.92 Å². The van der Waals surface area contributed by atoms with Crippen molar-refractivity contribution in [1.82, 2.24) is 5.32 Å². The van der Waals surface area contributed by atoms with Gasteiger partial charge in [-0.05, 0) is 6.85 Å². The number of rotatable bonds is 1. The Kier molecular flexibility index (Phi) is 0.547. The average Bonchev–Trinajstić information content (AvgIpc) is 1.56. The van der Waals surface area contributed by atoms with E-state index >= 15 is 0 Å². The maximum Gasteiger partial charge on any atom is 0.216 e. The van der Waals surface area contributed by atoms with Crippen molar-refractivity contribution in [3.8, 4) is 0 Å². The van der Waals surface area contributed by atoms with Crippen molar-refractivity contribution >= 4 is 5.91 Å². The fourth-order valence-electron chi connectivity index (χ4n) is 0.0880. The molecule has 6 heavy (non-hydrogen) atoms. The van der Waals surface area contributed by atoms with Crippen molar-refractivity contribution in [3.63, 3.8) is 0 Å². The number of nitrogens with one attached hydrogen (secondary N) is 1. The maximum atomic E-state index is 10.3. The number of hydrogen-bond acceptors (Lipinski definition) is 1. The Morgan fingerprint density at radius 3 is 3.17 bits per heavy atom. The lowest BCUT2D eigenvalue weighted by molar-refractivity contribution is -0.118. The zero-order valence-corrected chi connectivity index (χ0v) is 3.41. The summed E-state index contributed by atoms with van der Waals surface area (Å²) < 4.78 is 33.8. The lowest BCUT2D eigenvalue weighted by Crippen LogP contribution is -2.18. The highest BCUT2D eigenvalue weighted by Gasteiger charge is 1.78. The molecule has 0 aromatic heterocycles. The SMILES string of the molecule is [2H]C([2H])([2H])C([2H])([2H])NC(C)=O. The van der Waals surface area contributed by atoms with Crippen LogP contribution in [0.1, 0.15) is 20.6 Å². The summed E-state index contributed by atoms with van der Waals surface area (Å²) in [5, 5.41) is 1.69. The van der Waals surface area contributed by atoms with E-state index < -0.39 is 19.3 Å². The molecule has 0 heterocycles. The summed E-state index contributed by atoms with van der Waals surface area (Å²) in [7, 11) is 0. The summed E-state index contributed by atoms with van der Waals surface area (Å²) >= 11 is 0. The average molecular weight is 92.2 g/mol. The molecule has 0 unspecified atom stereocenters. The van der Waals surface area contributed by atoms with Gasteiger partial charge in [0.15, 0.2) is 0 Å². The first-order valence-electron chi connectivity index (χ1n) is 3.95. The normalized spacial score (nSPS) is 24.5. The Balaban J connectivity index is 4.34. The Morgan fingerprint density at radius 1 is 2.33 bits per heavy atom. The predicted molar refractivity (Wildman–Crippen MR) is 24.4 cm³/mol. The van der Waals surface area contributed by atoms with E-state index in [4.69, 9.17) is 6.85 Å². The van der Waals surface area contributed by atoms with Crippen LogP contribution >= 0.6 is 0 Å². The van der Waals surface area contributed by atoms with Crippen LogP contribution in [-0.4, -0.2) is 12.4 Å². The molecule has 0 rings (SSSR count). The van der Waals surface area contributed by atoms with E-state index in [2.05, 4.69) is 0 Å². The molecule has 2 nitrogen and oxygen atoms in total. The third-order valence-electron chi connectivity index (χ3n) is 0.239. The molecule has 0 aliphatic heterocycles. The smallest absolute Gasteiger partial charge is 0.216 e. The summed E-state index contributed by atoms with van der Waals surface area (Å²) in [6, 6.07) is 0. The Hall–Kier alpha value is -0.530. The van der Waals surface area contributed by atoms with Gasteiger partial charge in [-0.15, -0.1) is 0 Å². The third-order valence-corrected chi connectivity index (χ3v) is 0.239. The zero-order valence-electron chi connectivity index (χ0n) is 8.41. The number of hydrogen-bond donors (Lipinski definition) is 1. The molecular formula is C4H9NO. The van der Waals surface area contributed by atoms with E-state index in [1.165, 1.54) is 0 Å². The monoisotopic (exact) mass is 92.1 g/mol. The van der Waals surface area contributed by atoms with Crippen LogP contribution in [0.3, 0.4) is 0 Å². The van der Waals surface area contributed by atoms with Gasteiger partial charge in [0, 0.05) is 20.3 Å². The first-order valence-corrected chi connectivity index (χ1v) is 1.45. The molecule has 0 saturated heterocycles. The molecule has 0 bridgehead atoms. The predicted octanol–water partition coefficient (Wildman–Crippen LogP) is 0.142. The molecular weight excluding hydrogens is 78.0 g/mol. The highest BCUT2D eigenvalue weighted by molar-refractivity contribution is 5.72. The first kappa shape index (κ1) is 1.22. The molecule has 0 aromatic carbocycles. The van der Waals surface area contributed by atoms with Gasteiger partial charge >= 0.3 is 0 Å². The van der Waals surface area contributed by atoms with Crippen molar-refractivity contribution in [1.29, 1.82) is 0 Å². The van der Waals surface area contributed by atoms with E-state index in [1.807, 2.05) is 0 Å². The zero-order chi connectivity index (χ0) is 9.28. The fourth-order valence-corrected chi connectivity index (χ4v) is 0.0880. The van der Waals surface area contributed by atoms with E-state index in [0.29, 0.717) is 0 Å². The van der Waals surface area contributed by atoms with Gasteiger partial charge < -0.3 is 5.32 Å². The molecule has 2 heteroatoms. The first-order chi connectivity index (χ1) is 4.67. The van der Waals surface area contributed by atoms with Crippen molar-refractivity contribution < 1.29 is 11.6 Å². The van der Waals surface area contributed by atoms with Crippen molar-refractivity contribution in [3.05, 3.63) is 0 Å². The van der Waals surface area contributed by atoms with Gasteiger partial charge in [0.25, 0.3) is 0 Å². The second kappa shape index (κ2) is 2.69. The van der Waals surface area contributed by atoms with E-state index in [9.17, 15) is 4.79 Å². The molecule has 0 saturated carbocycles. The summed E-state index contributed by atoms with van der Waals surface area (Å²) in [6.45, 7) is -4.40. The van der Waals surface area contributed by atoms with Crippen LogP contribution in [0.4, 0.5) is 0 Å². The molecule has 0 atom stereocenters. The van der Waals surface area contributed by atoms with Gasteiger partial charge in [-0.2, -0.15) is 0 Å². The van der Waals surface area contributed by atoms with Crippen LogP contribution in [0.5, 0.6) is 0 Å². The van der Waals surface area contributed by atoms with E-state index in [1.54, 1.807) is 5.32 Å². The third kappa shape index (κ3) is 3.47. The van der Waals surface area contributed by atoms with Gasteiger partial charge in [-0.3, -0.25) is 4.79 Å². The minimum Gasteiger partial charge on any atom is -0.357 e. The van der Waals surface area contributed by atoms with Crippen LogP contribution < -0.4 is 5.32 Å².